The second-order valence-corrected chi connectivity index (χ2v) is 7.39. The van der Waals surface area contributed by atoms with Crippen LogP contribution < -0.4 is 21.3 Å². The van der Waals surface area contributed by atoms with E-state index in [-0.39, 0.29) is 17.4 Å². The van der Waals surface area contributed by atoms with Gasteiger partial charge in [-0.15, -0.1) is 0 Å². The van der Waals surface area contributed by atoms with Gasteiger partial charge < -0.3 is 15.8 Å². The second-order valence-electron chi connectivity index (χ2n) is 7.39. The van der Waals surface area contributed by atoms with Gasteiger partial charge in [-0.1, -0.05) is 18.2 Å². The molecule has 1 aliphatic rings. The summed E-state index contributed by atoms with van der Waals surface area (Å²) in [6.07, 6.45) is 1.99. The van der Waals surface area contributed by atoms with E-state index in [4.69, 9.17) is 15.6 Å². The first kappa shape index (κ1) is 18.4. The van der Waals surface area contributed by atoms with Crippen molar-refractivity contribution in [2.24, 2.45) is 0 Å². The Morgan fingerprint density at radius 3 is 2.57 bits per heavy atom. The number of benzene rings is 2. The lowest BCUT2D eigenvalue weighted by molar-refractivity contribution is 0.355. The Bertz CT molecular complexity index is 1220. The van der Waals surface area contributed by atoms with Crippen molar-refractivity contribution in [2.75, 3.05) is 18.8 Å². The summed E-state index contributed by atoms with van der Waals surface area (Å²) in [5.74, 6) is 1.75. The van der Waals surface area contributed by atoms with E-state index >= 15 is 0 Å². The van der Waals surface area contributed by atoms with Crippen LogP contribution >= 0.6 is 0 Å². The predicted octanol–water partition coefficient (Wildman–Crippen LogP) is 3.09. The zero-order chi connectivity index (χ0) is 20.5. The molecule has 0 bridgehead atoms. The number of hydrogen-bond donors (Lipinski definition) is 3. The van der Waals surface area contributed by atoms with E-state index in [1.54, 1.807) is 0 Å². The molecule has 0 radical (unpaired) electrons. The molecular weight excluding hydrogens is 380 g/mol. The third-order valence-electron chi connectivity index (χ3n) is 5.38. The average molecular weight is 402 g/mol. The lowest BCUT2D eigenvalue weighted by Crippen LogP contribution is -2.33. The van der Waals surface area contributed by atoms with Crippen LogP contribution in [0.25, 0.3) is 22.2 Å². The molecule has 1 aliphatic heterocycles. The van der Waals surface area contributed by atoms with Gasteiger partial charge in [-0.2, -0.15) is 10.2 Å². The van der Waals surface area contributed by atoms with Crippen LogP contribution in [0.4, 0.5) is 5.82 Å². The normalized spacial score (nSPS) is 16.6. The maximum atomic E-state index is 12.6. The summed E-state index contributed by atoms with van der Waals surface area (Å²) < 4.78 is 7.68. The van der Waals surface area contributed by atoms with Gasteiger partial charge >= 0.3 is 0 Å². The summed E-state index contributed by atoms with van der Waals surface area (Å²) in [6, 6.07) is 17.3. The summed E-state index contributed by atoms with van der Waals surface area (Å²) in [6.45, 7) is 1.74. The van der Waals surface area contributed by atoms with Crippen LogP contribution in [0.2, 0.25) is 0 Å². The standard InChI is InChI=1S/C22H22N6O2/c23-21-18-19(14-8-10-17(11-9-14)30-16-6-2-1-3-7-16)27-28(15-5-4-12-24-13-15)20(18)22(29)26-25-21/h1-3,6-11,15,24H,4-5,12-13H2,(H2,23,25)(H,26,29). The minimum Gasteiger partial charge on any atom is -0.457 e. The van der Waals surface area contributed by atoms with Gasteiger partial charge in [-0.25, -0.2) is 5.10 Å². The van der Waals surface area contributed by atoms with E-state index < -0.39 is 0 Å². The fourth-order valence-corrected chi connectivity index (χ4v) is 3.93. The number of fused-ring (bicyclic) bond motifs is 1. The average Bonchev–Trinajstić information content (AvgIpc) is 3.20. The second kappa shape index (κ2) is 7.64. The quantitative estimate of drug-likeness (QED) is 0.484. The van der Waals surface area contributed by atoms with Crippen molar-refractivity contribution in [2.45, 2.75) is 18.9 Å². The molecule has 30 heavy (non-hydrogen) atoms. The topological polar surface area (TPSA) is 111 Å². The molecule has 0 amide bonds. The number of rotatable bonds is 4. The number of piperidine rings is 1. The summed E-state index contributed by atoms with van der Waals surface area (Å²) in [5.41, 5.74) is 7.85. The molecule has 4 aromatic rings. The highest BCUT2D eigenvalue weighted by Crippen LogP contribution is 2.33. The number of nitrogens with one attached hydrogen (secondary N) is 2. The van der Waals surface area contributed by atoms with E-state index in [1.165, 1.54) is 0 Å². The van der Waals surface area contributed by atoms with E-state index in [0.29, 0.717) is 22.3 Å². The molecule has 2 aromatic carbocycles. The number of nitrogen functional groups attached to an aromatic ring is 1. The van der Waals surface area contributed by atoms with E-state index in [9.17, 15) is 4.79 Å². The molecule has 4 N–H and O–H groups in total. The minimum absolute atomic E-state index is 0.0959. The maximum absolute atomic E-state index is 12.6. The van der Waals surface area contributed by atoms with Crippen molar-refractivity contribution in [1.29, 1.82) is 0 Å². The van der Waals surface area contributed by atoms with Crippen LogP contribution in [0.5, 0.6) is 11.5 Å². The molecule has 0 aliphatic carbocycles. The number of nitrogens with two attached hydrogens (primary N) is 1. The summed E-state index contributed by atoms with van der Waals surface area (Å²) >= 11 is 0. The third kappa shape index (κ3) is 3.31. The Kier molecular flexibility index (Phi) is 4.68. The van der Waals surface area contributed by atoms with E-state index in [2.05, 4.69) is 15.5 Å². The fraction of sp³-hybridized carbons (Fsp3) is 0.227. The number of para-hydroxylation sites is 1. The zero-order valence-corrected chi connectivity index (χ0v) is 16.3. The Balaban J connectivity index is 1.57. The van der Waals surface area contributed by atoms with Gasteiger partial charge in [0, 0.05) is 12.1 Å². The number of aromatic amines is 1. The highest BCUT2D eigenvalue weighted by molar-refractivity contribution is 5.99. The number of ether oxygens (including phenoxy) is 1. The van der Waals surface area contributed by atoms with Crippen molar-refractivity contribution >= 4 is 16.7 Å². The lowest BCUT2D eigenvalue weighted by atomic mass is 10.1. The molecule has 3 heterocycles. The molecule has 1 unspecified atom stereocenters. The Hall–Kier alpha value is -3.65. The summed E-state index contributed by atoms with van der Waals surface area (Å²) in [4.78, 5) is 12.6. The van der Waals surface area contributed by atoms with Crippen molar-refractivity contribution in [3.63, 3.8) is 0 Å². The van der Waals surface area contributed by atoms with Crippen molar-refractivity contribution < 1.29 is 4.74 Å². The van der Waals surface area contributed by atoms with Gasteiger partial charge in [0.05, 0.1) is 11.4 Å². The van der Waals surface area contributed by atoms with Crippen LogP contribution in [0.15, 0.2) is 59.4 Å². The van der Waals surface area contributed by atoms with Gasteiger partial charge in [0.15, 0.2) is 5.82 Å². The monoisotopic (exact) mass is 402 g/mol. The van der Waals surface area contributed by atoms with Crippen LogP contribution in [0.1, 0.15) is 18.9 Å². The third-order valence-corrected chi connectivity index (χ3v) is 5.38. The van der Waals surface area contributed by atoms with Gasteiger partial charge in [0.2, 0.25) is 0 Å². The first-order valence-electron chi connectivity index (χ1n) is 10.0. The molecule has 8 heteroatoms. The number of aromatic nitrogens is 4. The largest absolute Gasteiger partial charge is 0.457 e. The molecular formula is C22H22N6O2. The molecule has 8 nitrogen and oxygen atoms in total. The lowest BCUT2D eigenvalue weighted by Gasteiger charge is -2.23. The van der Waals surface area contributed by atoms with Crippen molar-refractivity contribution in [3.05, 3.63) is 65.0 Å². The van der Waals surface area contributed by atoms with Crippen LogP contribution in [-0.2, 0) is 0 Å². The Morgan fingerprint density at radius 1 is 1.07 bits per heavy atom. The Morgan fingerprint density at radius 2 is 1.83 bits per heavy atom. The molecule has 0 spiro atoms. The predicted molar refractivity (Wildman–Crippen MR) is 116 cm³/mol. The smallest absolute Gasteiger partial charge is 0.290 e. The van der Waals surface area contributed by atoms with Crippen LogP contribution in [0, 0.1) is 0 Å². The summed E-state index contributed by atoms with van der Waals surface area (Å²) in [5, 5.41) is 15.2. The summed E-state index contributed by atoms with van der Waals surface area (Å²) in [7, 11) is 0. The number of anilines is 1. The highest BCUT2D eigenvalue weighted by Gasteiger charge is 2.24. The zero-order valence-electron chi connectivity index (χ0n) is 16.3. The number of nitrogens with zero attached hydrogens (tertiary/aromatic N) is 3. The number of hydrogen-bond acceptors (Lipinski definition) is 6. The Labute approximate surface area is 172 Å². The van der Waals surface area contributed by atoms with Crippen molar-refractivity contribution in [3.8, 4) is 22.8 Å². The molecule has 5 rings (SSSR count). The first-order valence-corrected chi connectivity index (χ1v) is 10.0. The number of H-pyrrole nitrogens is 1. The van der Waals surface area contributed by atoms with Crippen LogP contribution in [0.3, 0.4) is 0 Å². The SMILES string of the molecule is Nc1n[nH]c(=O)c2c1c(-c1ccc(Oc3ccccc3)cc1)nn2C1CCCNC1. The van der Waals surface area contributed by atoms with Gasteiger partial charge in [-0.3, -0.25) is 9.48 Å². The van der Waals surface area contributed by atoms with Crippen LogP contribution in [-0.4, -0.2) is 33.1 Å². The molecule has 2 aromatic heterocycles. The van der Waals surface area contributed by atoms with Gasteiger partial charge in [0.25, 0.3) is 5.56 Å². The van der Waals surface area contributed by atoms with E-state index in [0.717, 1.165) is 37.2 Å². The first-order chi connectivity index (χ1) is 14.7. The molecule has 152 valence electrons. The fourth-order valence-electron chi connectivity index (χ4n) is 3.93. The minimum atomic E-state index is -0.285. The van der Waals surface area contributed by atoms with Gasteiger partial charge in [-0.05, 0) is 55.8 Å². The molecule has 1 atom stereocenters. The highest BCUT2D eigenvalue weighted by atomic mass is 16.5. The van der Waals surface area contributed by atoms with E-state index in [1.807, 2.05) is 59.3 Å². The van der Waals surface area contributed by atoms with Crippen molar-refractivity contribution in [1.82, 2.24) is 25.3 Å². The van der Waals surface area contributed by atoms with Gasteiger partial charge in [0.1, 0.15) is 22.7 Å². The molecule has 1 fully saturated rings. The maximum Gasteiger partial charge on any atom is 0.290 e. The molecule has 0 saturated carbocycles. The molecule has 1 saturated heterocycles.